The van der Waals surface area contributed by atoms with Crippen molar-refractivity contribution in [2.75, 3.05) is 30.8 Å². The number of nitrogens with two attached hydrogens (primary N) is 1. The van der Waals surface area contributed by atoms with Crippen LogP contribution < -0.4 is 16.0 Å². The number of nitrogens with one attached hydrogen (secondary N) is 1. The third kappa shape index (κ3) is 2.43. The number of nitrogens with zero attached hydrogens (tertiary/aromatic N) is 1. The lowest BCUT2D eigenvalue weighted by molar-refractivity contribution is 0.168. The van der Waals surface area contributed by atoms with Gasteiger partial charge < -0.3 is 26.2 Å². The summed E-state index contributed by atoms with van der Waals surface area (Å²) in [5.74, 6) is 0. The molecule has 1 heterocycles. The number of rotatable bonds is 3. The van der Waals surface area contributed by atoms with Gasteiger partial charge in [0.25, 0.3) is 0 Å². The van der Waals surface area contributed by atoms with Gasteiger partial charge >= 0.3 is 0 Å². The molecule has 1 saturated heterocycles. The Morgan fingerprint density at radius 2 is 2.17 bits per heavy atom. The van der Waals surface area contributed by atoms with Crippen LogP contribution in [-0.4, -0.2) is 42.5 Å². The summed E-state index contributed by atoms with van der Waals surface area (Å²) in [6, 6.07) is 5.70. The minimum Gasteiger partial charge on any atom is -0.398 e. The quantitative estimate of drug-likeness (QED) is 0.573. The van der Waals surface area contributed by atoms with Gasteiger partial charge in [-0.1, -0.05) is 0 Å². The first kappa shape index (κ1) is 13.1. The van der Waals surface area contributed by atoms with E-state index in [1.54, 1.807) is 13.0 Å². The summed E-state index contributed by atoms with van der Waals surface area (Å²) in [7, 11) is 1.85. The minimum atomic E-state index is -0.586. The normalized spacial score (nSPS) is 25.4. The molecule has 0 bridgehead atoms. The summed E-state index contributed by atoms with van der Waals surface area (Å²) >= 11 is 0. The molecule has 18 heavy (non-hydrogen) atoms. The maximum atomic E-state index is 9.88. The second kappa shape index (κ2) is 5.14. The molecule has 1 aromatic carbocycles. The summed E-state index contributed by atoms with van der Waals surface area (Å²) in [6.07, 6.45) is -0.958. The zero-order valence-corrected chi connectivity index (χ0v) is 10.8. The number of hydrogen-bond acceptors (Lipinski definition) is 5. The minimum absolute atomic E-state index is 0.0811. The van der Waals surface area contributed by atoms with Gasteiger partial charge in [-0.15, -0.1) is 0 Å². The van der Waals surface area contributed by atoms with E-state index in [1.165, 1.54) is 0 Å². The zero-order chi connectivity index (χ0) is 13.3. The second-order valence-electron chi connectivity index (χ2n) is 4.86. The first-order valence-corrected chi connectivity index (χ1v) is 6.20. The maximum Gasteiger partial charge on any atom is 0.0884 e. The Kier molecular flexibility index (Phi) is 3.75. The predicted molar refractivity (Wildman–Crippen MR) is 72.6 cm³/mol. The maximum absolute atomic E-state index is 9.88. The van der Waals surface area contributed by atoms with Gasteiger partial charge in [0.2, 0.25) is 0 Å². The third-order valence-corrected chi connectivity index (χ3v) is 3.55. The Morgan fingerprint density at radius 1 is 1.44 bits per heavy atom. The van der Waals surface area contributed by atoms with Gasteiger partial charge in [-0.2, -0.15) is 0 Å². The van der Waals surface area contributed by atoms with Crippen LogP contribution in [0.3, 0.4) is 0 Å². The van der Waals surface area contributed by atoms with E-state index in [0.29, 0.717) is 12.2 Å². The van der Waals surface area contributed by atoms with Crippen LogP contribution in [0.25, 0.3) is 0 Å². The van der Waals surface area contributed by atoms with Crippen LogP contribution in [0.5, 0.6) is 0 Å². The standard InChI is InChI=1S/C13H21N3O2/c1-8(17)10-5-9(3-4-11(10)14)16-6-12(15-2)13(18)7-16/h3-5,8,12-13,15,17-18H,6-7,14H2,1-2H3. The Balaban J connectivity index is 2.22. The fraction of sp³-hybridized carbons (Fsp3) is 0.538. The van der Waals surface area contributed by atoms with Gasteiger partial charge in [0, 0.05) is 30.0 Å². The number of hydrogen-bond donors (Lipinski definition) is 4. The lowest BCUT2D eigenvalue weighted by Gasteiger charge is -2.20. The molecule has 5 heteroatoms. The zero-order valence-electron chi connectivity index (χ0n) is 10.8. The molecule has 0 aliphatic carbocycles. The van der Waals surface area contributed by atoms with E-state index >= 15 is 0 Å². The summed E-state index contributed by atoms with van der Waals surface area (Å²) < 4.78 is 0. The van der Waals surface area contributed by atoms with Crippen molar-refractivity contribution < 1.29 is 10.2 Å². The van der Waals surface area contributed by atoms with E-state index in [2.05, 4.69) is 10.2 Å². The molecular weight excluding hydrogens is 230 g/mol. The van der Waals surface area contributed by atoms with Gasteiger partial charge in [0.05, 0.1) is 18.2 Å². The van der Waals surface area contributed by atoms with E-state index in [0.717, 1.165) is 17.8 Å². The summed E-state index contributed by atoms with van der Waals surface area (Å²) in [6.45, 7) is 3.04. The molecule has 3 atom stereocenters. The molecular formula is C13H21N3O2. The molecule has 1 aliphatic rings. The highest BCUT2D eigenvalue weighted by molar-refractivity contribution is 5.59. The summed E-state index contributed by atoms with van der Waals surface area (Å²) in [5.41, 5.74) is 8.14. The second-order valence-corrected chi connectivity index (χ2v) is 4.86. The molecule has 5 nitrogen and oxygen atoms in total. The Hall–Kier alpha value is -1.30. The number of aliphatic hydroxyl groups excluding tert-OH is 2. The molecule has 0 radical (unpaired) electrons. The Bertz CT molecular complexity index is 423. The molecule has 1 fully saturated rings. The molecule has 0 spiro atoms. The third-order valence-electron chi connectivity index (χ3n) is 3.55. The molecule has 0 amide bonds. The molecule has 0 saturated carbocycles. The summed E-state index contributed by atoms with van der Waals surface area (Å²) in [5, 5.41) is 22.6. The van der Waals surface area contributed by atoms with E-state index in [1.807, 2.05) is 19.2 Å². The van der Waals surface area contributed by atoms with Crippen molar-refractivity contribution in [1.82, 2.24) is 5.32 Å². The lowest BCUT2D eigenvalue weighted by atomic mass is 10.1. The van der Waals surface area contributed by atoms with Crippen molar-refractivity contribution >= 4 is 11.4 Å². The largest absolute Gasteiger partial charge is 0.398 e. The summed E-state index contributed by atoms with van der Waals surface area (Å²) in [4.78, 5) is 2.09. The number of β-amino-alcohol motifs (C(OH)–C–C–N with tert-alkyl or cyclic N) is 1. The van der Waals surface area contributed by atoms with E-state index < -0.39 is 6.10 Å². The van der Waals surface area contributed by atoms with Gasteiger partial charge in [0.15, 0.2) is 0 Å². The van der Waals surface area contributed by atoms with Crippen molar-refractivity contribution in [3.63, 3.8) is 0 Å². The average Bonchev–Trinajstić information content (AvgIpc) is 2.70. The molecule has 100 valence electrons. The molecule has 5 N–H and O–H groups in total. The smallest absolute Gasteiger partial charge is 0.0884 e. The highest BCUT2D eigenvalue weighted by Gasteiger charge is 2.30. The Morgan fingerprint density at radius 3 is 2.72 bits per heavy atom. The number of anilines is 2. The Labute approximate surface area is 107 Å². The van der Waals surface area contributed by atoms with Crippen molar-refractivity contribution in [3.8, 4) is 0 Å². The van der Waals surface area contributed by atoms with Gasteiger partial charge in [-0.3, -0.25) is 0 Å². The lowest BCUT2D eigenvalue weighted by Crippen LogP contribution is -2.36. The number of likely N-dealkylation sites (N-methyl/N-ethyl adjacent to an activating group) is 1. The van der Waals surface area contributed by atoms with Crippen LogP contribution in [-0.2, 0) is 0 Å². The number of aliphatic hydroxyl groups is 2. The van der Waals surface area contributed by atoms with Crippen molar-refractivity contribution in [2.45, 2.75) is 25.2 Å². The molecule has 1 aliphatic heterocycles. The van der Waals surface area contributed by atoms with Crippen LogP contribution in [0.15, 0.2) is 18.2 Å². The first-order chi connectivity index (χ1) is 8.52. The fourth-order valence-electron chi connectivity index (χ4n) is 2.40. The number of benzene rings is 1. The number of nitrogen functional groups attached to an aromatic ring is 1. The fourth-order valence-corrected chi connectivity index (χ4v) is 2.40. The van der Waals surface area contributed by atoms with E-state index in [4.69, 9.17) is 5.73 Å². The van der Waals surface area contributed by atoms with Crippen molar-refractivity contribution in [1.29, 1.82) is 0 Å². The highest BCUT2D eigenvalue weighted by atomic mass is 16.3. The van der Waals surface area contributed by atoms with Crippen molar-refractivity contribution in [3.05, 3.63) is 23.8 Å². The van der Waals surface area contributed by atoms with Crippen LogP contribution in [0.1, 0.15) is 18.6 Å². The van der Waals surface area contributed by atoms with E-state index in [9.17, 15) is 10.2 Å². The van der Waals surface area contributed by atoms with Gasteiger partial charge in [-0.05, 0) is 32.2 Å². The molecule has 2 rings (SSSR count). The molecule has 1 aromatic rings. The van der Waals surface area contributed by atoms with Crippen molar-refractivity contribution in [2.24, 2.45) is 0 Å². The van der Waals surface area contributed by atoms with Crippen LogP contribution in [0.2, 0.25) is 0 Å². The van der Waals surface area contributed by atoms with E-state index in [-0.39, 0.29) is 12.1 Å². The van der Waals surface area contributed by atoms with Gasteiger partial charge in [-0.25, -0.2) is 0 Å². The SMILES string of the molecule is CNC1CN(c2ccc(N)c(C(C)O)c2)CC1O. The molecule has 3 unspecified atom stereocenters. The van der Waals surface area contributed by atoms with Crippen LogP contribution in [0, 0.1) is 0 Å². The topological polar surface area (TPSA) is 81.8 Å². The predicted octanol–water partition coefficient (Wildman–Crippen LogP) is 0.0910. The van der Waals surface area contributed by atoms with Crippen LogP contribution in [0.4, 0.5) is 11.4 Å². The highest BCUT2D eigenvalue weighted by Crippen LogP contribution is 2.28. The first-order valence-electron chi connectivity index (χ1n) is 6.20. The molecule has 0 aromatic heterocycles. The van der Waals surface area contributed by atoms with Gasteiger partial charge in [0.1, 0.15) is 0 Å². The average molecular weight is 251 g/mol. The van der Waals surface area contributed by atoms with Crippen LogP contribution >= 0.6 is 0 Å². The monoisotopic (exact) mass is 251 g/mol.